The third-order valence-electron chi connectivity index (χ3n) is 5.30. The molecule has 0 aliphatic carbocycles. The van der Waals surface area contributed by atoms with Gasteiger partial charge >= 0.3 is 0 Å². The number of rotatable bonds is 9. The van der Waals surface area contributed by atoms with Crippen LogP contribution in [0.4, 0.5) is 5.69 Å². The zero-order valence-corrected chi connectivity index (χ0v) is 18.5. The summed E-state index contributed by atoms with van der Waals surface area (Å²) < 4.78 is 13.6. The Morgan fingerprint density at radius 3 is 2.55 bits per heavy atom. The van der Waals surface area contributed by atoms with E-state index in [1.54, 1.807) is 0 Å². The highest BCUT2D eigenvalue weighted by molar-refractivity contribution is 5.75. The minimum atomic E-state index is -0.822. The van der Waals surface area contributed by atoms with Crippen molar-refractivity contribution < 1.29 is 19.5 Å². The molecule has 0 fully saturated rings. The molecule has 0 saturated heterocycles. The van der Waals surface area contributed by atoms with Gasteiger partial charge in [0.1, 0.15) is 36.6 Å². The Morgan fingerprint density at radius 1 is 1.06 bits per heavy atom. The van der Waals surface area contributed by atoms with Gasteiger partial charge in [0.15, 0.2) is 0 Å². The number of hydrogen-bond donors (Lipinski definition) is 1. The van der Waals surface area contributed by atoms with Crippen molar-refractivity contribution in [1.82, 2.24) is 9.55 Å². The fourth-order valence-electron chi connectivity index (χ4n) is 3.66. The monoisotopic (exact) mass is 447 g/mol. The van der Waals surface area contributed by atoms with Crippen LogP contribution in [0.25, 0.3) is 11.0 Å². The molecule has 0 aliphatic rings. The van der Waals surface area contributed by atoms with Crippen LogP contribution in [0.2, 0.25) is 0 Å². The highest BCUT2D eigenvalue weighted by Crippen LogP contribution is 2.23. The van der Waals surface area contributed by atoms with Gasteiger partial charge in [-0.2, -0.15) is 0 Å². The molecule has 0 amide bonds. The fourth-order valence-corrected chi connectivity index (χ4v) is 3.66. The number of ether oxygens (including phenoxy) is 2. The standard InChI is InChI=1S/C25H25N3O5/c1-17-7-12-24(18(2)13-17)33-16-25-26-22-5-3-4-6-23(22)27(25)14-20(29)15-32-21-10-8-19(9-11-21)28(30)31/h3-13,20,29H,14-16H2,1-2H3. The van der Waals surface area contributed by atoms with Crippen molar-refractivity contribution in [3.63, 3.8) is 0 Å². The summed E-state index contributed by atoms with van der Waals surface area (Å²) in [5, 5.41) is 21.4. The van der Waals surface area contributed by atoms with Crippen LogP contribution in [0.3, 0.4) is 0 Å². The van der Waals surface area contributed by atoms with Crippen LogP contribution in [0.15, 0.2) is 66.7 Å². The van der Waals surface area contributed by atoms with E-state index in [2.05, 4.69) is 6.07 Å². The molecule has 1 heterocycles. The average Bonchev–Trinajstić information content (AvgIpc) is 3.14. The molecule has 8 nitrogen and oxygen atoms in total. The van der Waals surface area contributed by atoms with E-state index in [-0.39, 0.29) is 25.4 Å². The number of non-ortho nitro benzene ring substituents is 1. The molecule has 4 aromatic rings. The topological polar surface area (TPSA) is 99.7 Å². The second kappa shape index (κ2) is 9.70. The van der Waals surface area contributed by atoms with Crippen molar-refractivity contribution in [2.75, 3.05) is 6.61 Å². The second-order valence-electron chi connectivity index (χ2n) is 7.90. The molecule has 33 heavy (non-hydrogen) atoms. The first-order valence-electron chi connectivity index (χ1n) is 10.6. The van der Waals surface area contributed by atoms with Crippen molar-refractivity contribution in [2.45, 2.75) is 33.1 Å². The highest BCUT2D eigenvalue weighted by atomic mass is 16.6. The molecule has 1 N–H and O–H groups in total. The van der Waals surface area contributed by atoms with E-state index >= 15 is 0 Å². The molecule has 1 atom stereocenters. The highest BCUT2D eigenvalue weighted by Gasteiger charge is 2.16. The molecular weight excluding hydrogens is 422 g/mol. The molecule has 4 rings (SSSR count). The lowest BCUT2D eigenvalue weighted by Crippen LogP contribution is -2.25. The second-order valence-corrected chi connectivity index (χ2v) is 7.90. The molecule has 170 valence electrons. The third kappa shape index (κ3) is 5.30. The summed E-state index contributed by atoms with van der Waals surface area (Å²) in [4.78, 5) is 15.0. The van der Waals surface area contributed by atoms with Crippen molar-refractivity contribution in [1.29, 1.82) is 0 Å². The summed E-state index contributed by atoms with van der Waals surface area (Å²) in [6.07, 6.45) is -0.822. The van der Waals surface area contributed by atoms with Gasteiger partial charge in [-0.3, -0.25) is 10.1 Å². The Balaban J connectivity index is 1.47. The van der Waals surface area contributed by atoms with Crippen molar-refractivity contribution in [3.05, 3.63) is 93.8 Å². The zero-order chi connectivity index (χ0) is 23.4. The maximum absolute atomic E-state index is 10.8. The Kier molecular flexibility index (Phi) is 6.55. The zero-order valence-electron chi connectivity index (χ0n) is 18.5. The number of aliphatic hydroxyl groups excluding tert-OH is 1. The molecular formula is C25H25N3O5. The molecule has 3 aromatic carbocycles. The number of aliphatic hydroxyl groups is 1. The summed E-state index contributed by atoms with van der Waals surface area (Å²) in [5.41, 5.74) is 3.92. The number of nitro groups is 1. The molecule has 0 bridgehead atoms. The molecule has 0 radical (unpaired) electrons. The number of benzene rings is 3. The molecule has 0 aliphatic heterocycles. The quantitative estimate of drug-likeness (QED) is 0.298. The Morgan fingerprint density at radius 2 is 1.82 bits per heavy atom. The third-order valence-corrected chi connectivity index (χ3v) is 5.30. The summed E-state index contributed by atoms with van der Waals surface area (Å²) in [6, 6.07) is 19.5. The molecule has 0 saturated carbocycles. The lowest BCUT2D eigenvalue weighted by Gasteiger charge is -2.16. The fraction of sp³-hybridized carbons (Fsp3) is 0.240. The van der Waals surface area contributed by atoms with Gasteiger partial charge in [0.2, 0.25) is 0 Å². The minimum absolute atomic E-state index is 0.0127. The molecule has 0 spiro atoms. The van der Waals surface area contributed by atoms with E-state index in [0.29, 0.717) is 11.6 Å². The first-order valence-corrected chi connectivity index (χ1v) is 10.6. The van der Waals surface area contributed by atoms with Crippen molar-refractivity contribution in [2.24, 2.45) is 0 Å². The van der Waals surface area contributed by atoms with E-state index in [1.165, 1.54) is 29.8 Å². The normalized spacial score (nSPS) is 12.0. The van der Waals surface area contributed by atoms with E-state index < -0.39 is 11.0 Å². The van der Waals surface area contributed by atoms with Crippen LogP contribution < -0.4 is 9.47 Å². The van der Waals surface area contributed by atoms with Crippen molar-refractivity contribution >= 4 is 16.7 Å². The summed E-state index contributed by atoms with van der Waals surface area (Å²) in [5.74, 6) is 1.94. The lowest BCUT2D eigenvalue weighted by atomic mass is 10.1. The van der Waals surface area contributed by atoms with Crippen molar-refractivity contribution in [3.8, 4) is 11.5 Å². The van der Waals surface area contributed by atoms with E-state index in [0.717, 1.165) is 22.3 Å². The number of hydrogen-bond acceptors (Lipinski definition) is 6. The van der Waals surface area contributed by atoms with E-state index in [9.17, 15) is 15.2 Å². The first kappa shape index (κ1) is 22.3. The van der Waals surface area contributed by atoms with Gasteiger partial charge in [-0.1, -0.05) is 29.8 Å². The van der Waals surface area contributed by atoms with Crippen LogP contribution in [0.1, 0.15) is 17.0 Å². The maximum atomic E-state index is 10.8. The smallest absolute Gasteiger partial charge is 0.269 e. The van der Waals surface area contributed by atoms with E-state index in [4.69, 9.17) is 14.5 Å². The Labute approximate surface area is 191 Å². The van der Waals surface area contributed by atoms with Crippen LogP contribution in [-0.2, 0) is 13.2 Å². The molecule has 1 aromatic heterocycles. The van der Waals surface area contributed by atoms with Gasteiger partial charge in [-0.05, 0) is 49.7 Å². The summed E-state index contributed by atoms with van der Waals surface area (Å²) in [6.45, 7) is 4.59. The number of aromatic nitrogens is 2. The lowest BCUT2D eigenvalue weighted by molar-refractivity contribution is -0.384. The number of para-hydroxylation sites is 2. The Hall–Kier alpha value is -3.91. The van der Waals surface area contributed by atoms with Gasteiger partial charge in [-0.15, -0.1) is 0 Å². The number of fused-ring (bicyclic) bond motifs is 1. The number of nitro benzene ring substituents is 1. The Bertz CT molecular complexity index is 1270. The van der Waals surface area contributed by atoms with Gasteiger partial charge in [-0.25, -0.2) is 4.98 Å². The van der Waals surface area contributed by atoms with Gasteiger partial charge in [0, 0.05) is 12.1 Å². The maximum Gasteiger partial charge on any atom is 0.269 e. The SMILES string of the molecule is Cc1ccc(OCc2nc3ccccc3n2CC(O)COc2ccc([N+](=O)[O-])cc2)c(C)c1. The van der Waals surface area contributed by atoms with E-state index in [1.807, 2.05) is 54.8 Å². The minimum Gasteiger partial charge on any atom is -0.491 e. The molecule has 1 unspecified atom stereocenters. The molecule has 8 heteroatoms. The number of nitrogens with zero attached hydrogens (tertiary/aromatic N) is 3. The predicted molar refractivity (Wildman–Crippen MR) is 125 cm³/mol. The first-order chi connectivity index (χ1) is 15.9. The van der Waals surface area contributed by atoms with Gasteiger partial charge in [0.25, 0.3) is 5.69 Å². The van der Waals surface area contributed by atoms with Crippen LogP contribution in [0.5, 0.6) is 11.5 Å². The van der Waals surface area contributed by atoms with Crippen LogP contribution in [0, 0.1) is 24.0 Å². The van der Waals surface area contributed by atoms with Gasteiger partial charge in [0.05, 0.1) is 22.5 Å². The van der Waals surface area contributed by atoms with Crippen LogP contribution in [-0.4, -0.2) is 32.3 Å². The van der Waals surface area contributed by atoms with Crippen LogP contribution >= 0.6 is 0 Å². The van der Waals surface area contributed by atoms with Gasteiger partial charge < -0.3 is 19.1 Å². The number of imidazole rings is 1. The largest absolute Gasteiger partial charge is 0.491 e. The predicted octanol–water partition coefficient (Wildman–Crippen LogP) is 4.58. The summed E-state index contributed by atoms with van der Waals surface area (Å²) in [7, 11) is 0. The summed E-state index contributed by atoms with van der Waals surface area (Å²) >= 11 is 0. The average molecular weight is 447 g/mol. The number of aryl methyl sites for hydroxylation is 2.